The van der Waals surface area contributed by atoms with Crippen LogP contribution in [0.25, 0.3) is 0 Å². The van der Waals surface area contributed by atoms with Crippen LogP contribution in [0.3, 0.4) is 0 Å². The molecule has 0 aliphatic carbocycles. The smallest absolute Gasteiger partial charge is 0.131 e. The maximum absolute atomic E-state index is 9.74. The third kappa shape index (κ3) is 2.73. The highest BCUT2D eigenvalue weighted by Crippen LogP contribution is 2.22. The van der Waals surface area contributed by atoms with Crippen LogP contribution in [0.5, 0.6) is 0 Å². The van der Waals surface area contributed by atoms with Gasteiger partial charge in [-0.15, -0.1) is 0 Å². The van der Waals surface area contributed by atoms with Gasteiger partial charge >= 0.3 is 0 Å². The minimum absolute atomic E-state index is 0.392. The fourth-order valence-electron chi connectivity index (χ4n) is 1.86. The van der Waals surface area contributed by atoms with Crippen molar-refractivity contribution in [3.8, 4) is 0 Å². The topological polar surface area (TPSA) is 36.4 Å². The number of aliphatic hydroxyl groups is 1. The number of hydrogen-bond acceptors (Lipinski definition) is 3. The molecule has 1 N–H and O–H groups in total. The molecule has 1 rings (SSSR count). The monoisotopic (exact) mass is 222 g/mol. The van der Waals surface area contributed by atoms with Gasteiger partial charge in [0.15, 0.2) is 0 Å². The van der Waals surface area contributed by atoms with Crippen molar-refractivity contribution >= 4 is 5.82 Å². The first-order valence-corrected chi connectivity index (χ1v) is 6.03. The largest absolute Gasteiger partial charge is 0.388 e. The van der Waals surface area contributed by atoms with Crippen molar-refractivity contribution < 1.29 is 5.11 Å². The molecule has 0 aliphatic heterocycles. The highest BCUT2D eigenvalue weighted by atomic mass is 16.3. The van der Waals surface area contributed by atoms with Crippen molar-refractivity contribution in [2.45, 2.75) is 40.2 Å². The second-order valence-corrected chi connectivity index (χ2v) is 4.01. The second kappa shape index (κ2) is 5.85. The Morgan fingerprint density at radius 3 is 2.38 bits per heavy atom. The van der Waals surface area contributed by atoms with Crippen LogP contribution in [0.1, 0.15) is 44.4 Å². The Morgan fingerprint density at radius 1 is 1.31 bits per heavy atom. The van der Waals surface area contributed by atoms with Gasteiger partial charge in [0.2, 0.25) is 0 Å². The van der Waals surface area contributed by atoms with E-state index in [9.17, 15) is 5.11 Å². The number of nitrogens with zero attached hydrogens (tertiary/aromatic N) is 2. The predicted octanol–water partition coefficient (Wildman–Crippen LogP) is 2.68. The normalized spacial score (nSPS) is 12.6. The predicted molar refractivity (Wildman–Crippen MR) is 67.8 cm³/mol. The van der Waals surface area contributed by atoms with Crippen LogP contribution in [0.15, 0.2) is 12.3 Å². The summed E-state index contributed by atoms with van der Waals surface area (Å²) in [5.74, 6) is 1.03. The highest BCUT2D eigenvalue weighted by Gasteiger charge is 2.11. The van der Waals surface area contributed by atoms with Crippen molar-refractivity contribution in [1.82, 2.24) is 4.98 Å². The van der Waals surface area contributed by atoms with Gasteiger partial charge in [0.1, 0.15) is 5.82 Å². The van der Waals surface area contributed by atoms with Gasteiger partial charge in [-0.05, 0) is 44.4 Å². The Balaban J connectivity index is 2.99. The third-order valence-electron chi connectivity index (χ3n) is 2.91. The van der Waals surface area contributed by atoms with Crippen molar-refractivity contribution in [3.05, 3.63) is 23.4 Å². The van der Waals surface area contributed by atoms with Gasteiger partial charge < -0.3 is 10.0 Å². The van der Waals surface area contributed by atoms with Gasteiger partial charge in [0, 0.05) is 19.3 Å². The summed E-state index contributed by atoms with van der Waals surface area (Å²) in [4.78, 5) is 6.67. The van der Waals surface area contributed by atoms with Crippen LogP contribution in [0.2, 0.25) is 0 Å². The number of rotatable bonds is 5. The lowest BCUT2D eigenvalue weighted by Gasteiger charge is -2.22. The van der Waals surface area contributed by atoms with Gasteiger partial charge in [0.25, 0.3) is 0 Å². The van der Waals surface area contributed by atoms with E-state index in [0.29, 0.717) is 0 Å². The summed E-state index contributed by atoms with van der Waals surface area (Å²) in [6, 6.07) is 2.04. The minimum atomic E-state index is -0.392. The van der Waals surface area contributed by atoms with Gasteiger partial charge in [-0.2, -0.15) is 0 Å². The number of aliphatic hydroxyl groups excluding tert-OH is 1. The summed E-state index contributed by atoms with van der Waals surface area (Å²) in [7, 11) is 0. The summed E-state index contributed by atoms with van der Waals surface area (Å²) in [5.41, 5.74) is 2.05. The van der Waals surface area contributed by atoms with Gasteiger partial charge in [-0.1, -0.05) is 6.92 Å². The lowest BCUT2D eigenvalue weighted by Crippen LogP contribution is -2.24. The molecule has 0 radical (unpaired) electrons. The summed E-state index contributed by atoms with van der Waals surface area (Å²) in [6.07, 6.45) is 2.12. The SMILES string of the molecule is CCC(O)c1cnc(N(CC)CC)c(C)c1. The van der Waals surface area contributed by atoms with E-state index in [-0.39, 0.29) is 0 Å². The first kappa shape index (κ1) is 13.0. The molecule has 0 saturated carbocycles. The Morgan fingerprint density at radius 2 is 1.94 bits per heavy atom. The Hall–Kier alpha value is -1.09. The molecular weight excluding hydrogens is 200 g/mol. The average Bonchev–Trinajstić information content (AvgIpc) is 2.31. The number of aryl methyl sites for hydroxylation is 1. The highest BCUT2D eigenvalue weighted by molar-refractivity contribution is 5.47. The van der Waals surface area contributed by atoms with Crippen molar-refractivity contribution in [2.75, 3.05) is 18.0 Å². The molecule has 0 aromatic carbocycles. The summed E-state index contributed by atoms with van der Waals surface area (Å²) < 4.78 is 0. The number of pyridine rings is 1. The van der Waals surface area contributed by atoms with E-state index in [1.807, 2.05) is 19.9 Å². The minimum Gasteiger partial charge on any atom is -0.388 e. The maximum Gasteiger partial charge on any atom is 0.131 e. The molecule has 1 aromatic rings. The van der Waals surface area contributed by atoms with E-state index in [1.54, 1.807) is 6.20 Å². The second-order valence-electron chi connectivity index (χ2n) is 4.01. The Bertz CT molecular complexity index is 335. The summed E-state index contributed by atoms with van der Waals surface area (Å²) in [5, 5.41) is 9.74. The van der Waals surface area contributed by atoms with Gasteiger partial charge in [-0.25, -0.2) is 4.98 Å². The van der Waals surface area contributed by atoms with Crippen molar-refractivity contribution in [2.24, 2.45) is 0 Å². The number of hydrogen-bond donors (Lipinski definition) is 1. The Kier molecular flexibility index (Phi) is 4.74. The third-order valence-corrected chi connectivity index (χ3v) is 2.91. The zero-order valence-electron chi connectivity index (χ0n) is 10.7. The fourth-order valence-corrected chi connectivity index (χ4v) is 1.86. The molecule has 3 nitrogen and oxygen atoms in total. The molecule has 0 amide bonds. The average molecular weight is 222 g/mol. The molecule has 16 heavy (non-hydrogen) atoms. The van der Waals surface area contributed by atoms with Crippen LogP contribution < -0.4 is 4.90 Å². The molecule has 0 aliphatic rings. The van der Waals surface area contributed by atoms with Crippen LogP contribution >= 0.6 is 0 Å². The quantitative estimate of drug-likeness (QED) is 0.832. The van der Waals surface area contributed by atoms with Crippen LogP contribution in [-0.4, -0.2) is 23.2 Å². The van der Waals surface area contributed by atoms with E-state index in [4.69, 9.17) is 0 Å². The molecule has 1 atom stereocenters. The standard InChI is InChI=1S/C13H22N2O/c1-5-12(16)11-8-10(4)13(14-9-11)15(6-2)7-3/h8-9,12,16H,5-7H2,1-4H3. The first-order chi connectivity index (χ1) is 7.63. The lowest BCUT2D eigenvalue weighted by atomic mass is 10.1. The fraction of sp³-hybridized carbons (Fsp3) is 0.615. The molecule has 1 heterocycles. The van der Waals surface area contributed by atoms with Gasteiger partial charge in [0.05, 0.1) is 6.10 Å². The molecule has 0 bridgehead atoms. The van der Waals surface area contributed by atoms with Crippen LogP contribution in [0, 0.1) is 6.92 Å². The van der Waals surface area contributed by atoms with Crippen molar-refractivity contribution in [1.29, 1.82) is 0 Å². The van der Waals surface area contributed by atoms with Crippen LogP contribution in [-0.2, 0) is 0 Å². The summed E-state index contributed by atoms with van der Waals surface area (Å²) in [6.45, 7) is 10.2. The molecule has 0 saturated heterocycles. The zero-order chi connectivity index (χ0) is 12.1. The summed E-state index contributed by atoms with van der Waals surface area (Å²) >= 11 is 0. The zero-order valence-corrected chi connectivity index (χ0v) is 10.7. The van der Waals surface area contributed by atoms with Crippen LogP contribution in [0.4, 0.5) is 5.82 Å². The molecule has 0 fully saturated rings. The number of anilines is 1. The van der Waals surface area contributed by atoms with Gasteiger partial charge in [-0.3, -0.25) is 0 Å². The Labute approximate surface area is 98.1 Å². The molecule has 0 spiro atoms. The maximum atomic E-state index is 9.74. The lowest BCUT2D eigenvalue weighted by molar-refractivity contribution is 0.173. The molecular formula is C13H22N2O. The van der Waals surface area contributed by atoms with E-state index in [1.165, 1.54) is 0 Å². The van der Waals surface area contributed by atoms with E-state index in [2.05, 4.69) is 23.7 Å². The molecule has 1 unspecified atom stereocenters. The molecule has 3 heteroatoms. The van der Waals surface area contributed by atoms with E-state index < -0.39 is 6.10 Å². The van der Waals surface area contributed by atoms with E-state index in [0.717, 1.165) is 36.5 Å². The molecule has 1 aromatic heterocycles. The molecule has 90 valence electrons. The number of aromatic nitrogens is 1. The first-order valence-electron chi connectivity index (χ1n) is 6.03. The van der Waals surface area contributed by atoms with Crippen molar-refractivity contribution in [3.63, 3.8) is 0 Å². The van der Waals surface area contributed by atoms with E-state index >= 15 is 0 Å².